The van der Waals surface area contributed by atoms with Crippen LogP contribution in [0.1, 0.15) is 94.4 Å². The largest absolute Gasteiger partial charge is 0.310 e. The second kappa shape index (κ2) is 11.6. The monoisotopic (exact) mass is 379 g/mol. The molecule has 5 atom stereocenters. The predicted octanol–water partition coefficient (Wildman–Crippen LogP) is 5.78. The Labute approximate surface area is 170 Å². The normalized spacial score (nSPS) is 27.2. The summed E-state index contributed by atoms with van der Waals surface area (Å²) in [5, 5.41) is 6.54. The molecule has 1 aliphatic heterocycles. The van der Waals surface area contributed by atoms with Crippen molar-refractivity contribution < 1.29 is 0 Å². The third kappa shape index (κ3) is 6.87. The van der Waals surface area contributed by atoms with Gasteiger partial charge < -0.3 is 5.32 Å². The minimum atomic E-state index is 0.0932. The van der Waals surface area contributed by atoms with Crippen molar-refractivity contribution in [3.8, 4) is 0 Å². The average Bonchev–Trinajstić information content (AvgIpc) is 2.61. The van der Waals surface area contributed by atoms with E-state index in [1.807, 2.05) is 0 Å². The Morgan fingerprint density at radius 1 is 1.11 bits per heavy atom. The van der Waals surface area contributed by atoms with Crippen LogP contribution in [0.4, 0.5) is 0 Å². The Morgan fingerprint density at radius 3 is 2.33 bits per heavy atom. The molecule has 1 rings (SSSR count). The third-order valence-electron chi connectivity index (χ3n) is 6.91. The summed E-state index contributed by atoms with van der Waals surface area (Å²) in [7, 11) is 0. The highest BCUT2D eigenvalue weighted by molar-refractivity contribution is 5.04. The lowest BCUT2D eigenvalue weighted by molar-refractivity contribution is -0.0703. The summed E-state index contributed by atoms with van der Waals surface area (Å²) in [4.78, 5) is 0. The van der Waals surface area contributed by atoms with Gasteiger partial charge >= 0.3 is 0 Å². The van der Waals surface area contributed by atoms with E-state index in [-0.39, 0.29) is 5.54 Å². The molecule has 0 aromatic carbocycles. The number of hydrogen-bond acceptors (Lipinski definition) is 3. The van der Waals surface area contributed by atoms with Crippen LogP contribution in [0.3, 0.4) is 0 Å². The number of allylic oxidation sites excluding steroid dienone is 1. The molecule has 0 aliphatic carbocycles. The smallest absolute Gasteiger partial charge is 0.0454 e. The number of hydrogen-bond donors (Lipinski definition) is 2. The Bertz CT molecular complexity index is 429. The van der Waals surface area contributed by atoms with E-state index >= 15 is 0 Å². The molecule has 0 saturated carbocycles. The van der Waals surface area contributed by atoms with E-state index < -0.39 is 0 Å². The molecular formula is C24H49N3. The zero-order valence-corrected chi connectivity index (χ0v) is 19.8. The molecule has 1 aliphatic rings. The van der Waals surface area contributed by atoms with Crippen LogP contribution in [0.5, 0.6) is 0 Å². The number of nitrogens with zero attached hydrogens (tertiary/aromatic N) is 1. The highest BCUT2D eigenvalue weighted by atomic mass is 15.6. The number of nitrogens with one attached hydrogen (secondary N) is 2. The molecule has 3 nitrogen and oxygen atoms in total. The van der Waals surface area contributed by atoms with Gasteiger partial charge in [0.05, 0.1) is 0 Å². The van der Waals surface area contributed by atoms with Crippen LogP contribution in [-0.4, -0.2) is 35.2 Å². The molecule has 0 radical (unpaired) electrons. The summed E-state index contributed by atoms with van der Waals surface area (Å²) in [6, 6.07) is 1.49. The lowest BCUT2D eigenvalue weighted by Gasteiger charge is -2.55. The molecule has 0 aromatic heterocycles. The summed E-state index contributed by atoms with van der Waals surface area (Å²) >= 11 is 0. The van der Waals surface area contributed by atoms with Crippen molar-refractivity contribution in [1.82, 2.24) is 15.8 Å². The third-order valence-corrected chi connectivity index (χ3v) is 6.91. The summed E-state index contributed by atoms with van der Waals surface area (Å²) in [5.41, 5.74) is 4.07. The Balaban J connectivity index is 3.03. The van der Waals surface area contributed by atoms with Gasteiger partial charge in [0.1, 0.15) is 0 Å². The van der Waals surface area contributed by atoms with Crippen LogP contribution >= 0.6 is 0 Å². The van der Waals surface area contributed by atoms with E-state index in [2.05, 4.69) is 90.2 Å². The average molecular weight is 380 g/mol. The lowest BCUT2D eigenvalue weighted by atomic mass is 9.83. The fraction of sp³-hybridized carbons (Fsp3) is 0.917. The molecule has 0 aromatic rings. The van der Waals surface area contributed by atoms with Gasteiger partial charge in [0.2, 0.25) is 0 Å². The van der Waals surface area contributed by atoms with Crippen molar-refractivity contribution in [2.24, 2.45) is 17.8 Å². The SMILES string of the molecule is CCC/C=C\[C@@H](C)C1CNC(CCCC)C(C)(C)N1NC(C)C(C)C(C)C. The first-order valence-corrected chi connectivity index (χ1v) is 11.6. The number of piperazine rings is 1. The van der Waals surface area contributed by atoms with Crippen molar-refractivity contribution >= 4 is 0 Å². The van der Waals surface area contributed by atoms with E-state index in [1.165, 1.54) is 32.1 Å². The van der Waals surface area contributed by atoms with Crippen molar-refractivity contribution in [3.05, 3.63) is 12.2 Å². The zero-order chi connectivity index (χ0) is 20.6. The molecule has 3 heteroatoms. The molecule has 1 saturated heterocycles. The molecule has 1 heterocycles. The molecule has 0 spiro atoms. The lowest BCUT2D eigenvalue weighted by Crippen LogP contribution is -2.74. The van der Waals surface area contributed by atoms with Crippen LogP contribution < -0.4 is 10.7 Å². The highest BCUT2D eigenvalue weighted by Gasteiger charge is 2.45. The first-order chi connectivity index (χ1) is 12.7. The molecule has 2 N–H and O–H groups in total. The predicted molar refractivity (Wildman–Crippen MR) is 121 cm³/mol. The Morgan fingerprint density at radius 2 is 1.78 bits per heavy atom. The molecular weight excluding hydrogens is 330 g/mol. The van der Waals surface area contributed by atoms with E-state index in [9.17, 15) is 0 Å². The van der Waals surface area contributed by atoms with Crippen LogP contribution in [-0.2, 0) is 0 Å². The topological polar surface area (TPSA) is 27.3 Å². The Hall–Kier alpha value is -0.380. The van der Waals surface area contributed by atoms with Gasteiger partial charge in [-0.05, 0) is 51.4 Å². The van der Waals surface area contributed by atoms with E-state index in [0.29, 0.717) is 35.9 Å². The second-order valence-electron chi connectivity index (χ2n) is 9.79. The standard InChI is InChI=1S/C24H49N3/c1-10-12-14-15-19(5)22-17-25-23(16-13-11-2)24(8,9)27(22)26-21(7)20(6)18(3)4/h14-15,18-23,25-26H,10-13,16-17H2,1-9H3/b15-14-/t19-,20?,21?,22?,23?/m1/s1. The second-order valence-corrected chi connectivity index (χ2v) is 9.79. The van der Waals surface area contributed by atoms with Crippen molar-refractivity contribution in [3.63, 3.8) is 0 Å². The molecule has 4 unspecified atom stereocenters. The van der Waals surface area contributed by atoms with Gasteiger partial charge in [0, 0.05) is 30.2 Å². The van der Waals surface area contributed by atoms with E-state index in [0.717, 1.165) is 6.54 Å². The van der Waals surface area contributed by atoms with Gasteiger partial charge in [0.15, 0.2) is 0 Å². The van der Waals surface area contributed by atoms with Crippen molar-refractivity contribution in [1.29, 1.82) is 0 Å². The zero-order valence-electron chi connectivity index (χ0n) is 19.8. The van der Waals surface area contributed by atoms with Gasteiger partial charge in [-0.3, -0.25) is 5.43 Å². The summed E-state index contributed by atoms with van der Waals surface area (Å²) < 4.78 is 0. The first-order valence-electron chi connectivity index (χ1n) is 11.6. The first kappa shape index (κ1) is 24.7. The van der Waals surface area contributed by atoms with E-state index in [4.69, 9.17) is 0 Å². The number of hydrazine groups is 1. The summed E-state index contributed by atoms with van der Waals surface area (Å²) in [6.45, 7) is 22.3. The fourth-order valence-corrected chi connectivity index (χ4v) is 4.27. The highest BCUT2D eigenvalue weighted by Crippen LogP contribution is 2.31. The minimum Gasteiger partial charge on any atom is -0.310 e. The number of unbranched alkanes of at least 4 members (excludes halogenated alkanes) is 2. The van der Waals surface area contributed by atoms with Gasteiger partial charge in [-0.25, -0.2) is 5.01 Å². The molecule has 160 valence electrons. The van der Waals surface area contributed by atoms with Crippen molar-refractivity contribution in [2.45, 2.75) is 118 Å². The molecule has 1 fully saturated rings. The molecule has 0 amide bonds. The maximum absolute atomic E-state index is 3.98. The maximum atomic E-state index is 3.98. The van der Waals surface area contributed by atoms with Gasteiger partial charge in [0.25, 0.3) is 0 Å². The summed E-state index contributed by atoms with van der Waals surface area (Å²) in [5.74, 6) is 1.87. The fourth-order valence-electron chi connectivity index (χ4n) is 4.27. The quantitative estimate of drug-likeness (QED) is 0.446. The van der Waals surface area contributed by atoms with Crippen LogP contribution in [0.15, 0.2) is 12.2 Å². The molecule has 0 bridgehead atoms. The van der Waals surface area contributed by atoms with Crippen LogP contribution in [0, 0.1) is 17.8 Å². The van der Waals surface area contributed by atoms with Gasteiger partial charge in [-0.15, -0.1) is 0 Å². The van der Waals surface area contributed by atoms with Gasteiger partial charge in [-0.2, -0.15) is 0 Å². The maximum Gasteiger partial charge on any atom is 0.0454 e. The summed E-state index contributed by atoms with van der Waals surface area (Å²) in [6.07, 6.45) is 11.0. The van der Waals surface area contributed by atoms with E-state index in [1.54, 1.807) is 0 Å². The molecule has 27 heavy (non-hydrogen) atoms. The van der Waals surface area contributed by atoms with Crippen LogP contribution in [0.25, 0.3) is 0 Å². The van der Waals surface area contributed by atoms with Crippen LogP contribution in [0.2, 0.25) is 0 Å². The minimum absolute atomic E-state index is 0.0932. The van der Waals surface area contributed by atoms with Gasteiger partial charge in [-0.1, -0.05) is 73.0 Å². The Kier molecular flexibility index (Phi) is 10.6. The van der Waals surface area contributed by atoms with Crippen molar-refractivity contribution in [2.75, 3.05) is 6.54 Å². The number of rotatable bonds is 11.